The van der Waals surface area contributed by atoms with Gasteiger partial charge in [0.15, 0.2) is 0 Å². The molecule has 1 unspecified atom stereocenters. The van der Waals surface area contributed by atoms with Crippen LogP contribution in [-0.2, 0) is 4.74 Å². The first-order chi connectivity index (χ1) is 9.54. The van der Waals surface area contributed by atoms with Gasteiger partial charge in [0.25, 0.3) is 0 Å². The second-order valence-electron chi connectivity index (χ2n) is 4.49. The van der Waals surface area contributed by atoms with Crippen LogP contribution in [-0.4, -0.2) is 24.6 Å². The van der Waals surface area contributed by atoms with Crippen LogP contribution in [0.25, 0.3) is 0 Å². The number of hydrogen-bond donors (Lipinski definition) is 1. The highest BCUT2D eigenvalue weighted by atomic mass is 32.2. The third-order valence-corrected chi connectivity index (χ3v) is 3.96. The molecule has 0 saturated carbocycles. The van der Waals surface area contributed by atoms with Crippen LogP contribution in [0.15, 0.2) is 41.5 Å². The highest BCUT2D eigenvalue weighted by Gasteiger charge is 2.27. The van der Waals surface area contributed by atoms with Crippen molar-refractivity contribution in [2.45, 2.75) is 30.0 Å². The number of hydrogen-bond acceptors (Lipinski definition) is 3. The molecule has 0 saturated heterocycles. The molecule has 6 heteroatoms. The monoisotopic (exact) mass is 303 g/mol. The molecular formula is C14H16F3NOS. The molecule has 1 atom stereocenters. The first-order valence-corrected chi connectivity index (χ1v) is 7.36. The Bertz CT molecular complexity index is 462. The molecule has 1 aliphatic rings. The van der Waals surface area contributed by atoms with Gasteiger partial charge in [-0.1, -0.05) is 12.1 Å². The van der Waals surface area contributed by atoms with E-state index in [2.05, 4.69) is 5.32 Å². The summed E-state index contributed by atoms with van der Waals surface area (Å²) in [4.78, 5) is 0.608. The van der Waals surface area contributed by atoms with Gasteiger partial charge in [0.05, 0.1) is 18.6 Å². The maximum atomic E-state index is 12.3. The maximum Gasteiger partial charge on any atom is 0.398 e. The molecule has 1 aromatic carbocycles. The van der Waals surface area contributed by atoms with E-state index in [1.54, 1.807) is 24.5 Å². The van der Waals surface area contributed by atoms with Gasteiger partial charge in [-0.25, -0.2) is 0 Å². The van der Waals surface area contributed by atoms with Gasteiger partial charge in [-0.05, 0) is 31.1 Å². The van der Waals surface area contributed by atoms with Gasteiger partial charge in [0, 0.05) is 10.6 Å². The lowest BCUT2D eigenvalue weighted by molar-refractivity contribution is -0.105. The van der Waals surface area contributed by atoms with Crippen molar-refractivity contribution in [1.29, 1.82) is 0 Å². The summed E-state index contributed by atoms with van der Waals surface area (Å²) in [5, 5.41) is 3.17. The number of halogens is 3. The van der Waals surface area contributed by atoms with E-state index in [0.717, 1.165) is 30.3 Å². The normalized spacial score (nSPS) is 18.6. The second-order valence-corrected chi connectivity index (χ2v) is 5.51. The van der Waals surface area contributed by atoms with Gasteiger partial charge >= 0.3 is 6.18 Å². The Morgan fingerprint density at radius 1 is 1.30 bits per heavy atom. The topological polar surface area (TPSA) is 21.3 Å². The average molecular weight is 303 g/mol. The van der Waals surface area contributed by atoms with Crippen molar-refractivity contribution in [1.82, 2.24) is 0 Å². The standard InChI is InChI=1S/C14H16F3NOS/c15-14(16,17)10-20-13-7-2-1-6-12(13)18-9-11-5-3-4-8-19-11/h1-2,4,6-8,11,18H,3,5,9-10H2. The molecule has 1 heterocycles. The van der Waals surface area contributed by atoms with Crippen molar-refractivity contribution in [3.05, 3.63) is 36.6 Å². The van der Waals surface area contributed by atoms with Crippen molar-refractivity contribution in [2.75, 3.05) is 17.6 Å². The third-order valence-electron chi connectivity index (χ3n) is 2.82. The van der Waals surface area contributed by atoms with E-state index in [0.29, 0.717) is 11.4 Å². The van der Waals surface area contributed by atoms with Crippen LogP contribution in [0.5, 0.6) is 0 Å². The van der Waals surface area contributed by atoms with Gasteiger partial charge < -0.3 is 10.1 Å². The van der Waals surface area contributed by atoms with Crippen molar-refractivity contribution in [3.8, 4) is 0 Å². The summed E-state index contributed by atoms with van der Waals surface area (Å²) in [5.41, 5.74) is 0.722. The van der Waals surface area contributed by atoms with Crippen molar-refractivity contribution < 1.29 is 17.9 Å². The molecule has 0 spiro atoms. The number of nitrogens with one attached hydrogen (secondary N) is 1. The van der Waals surface area contributed by atoms with Gasteiger partial charge in [-0.15, -0.1) is 11.8 Å². The number of alkyl halides is 3. The fraction of sp³-hybridized carbons (Fsp3) is 0.429. The van der Waals surface area contributed by atoms with E-state index in [4.69, 9.17) is 4.74 Å². The largest absolute Gasteiger partial charge is 0.497 e. The number of thioether (sulfide) groups is 1. The predicted molar refractivity (Wildman–Crippen MR) is 75.0 cm³/mol. The van der Waals surface area contributed by atoms with Gasteiger partial charge in [-0.2, -0.15) is 13.2 Å². The quantitative estimate of drug-likeness (QED) is 0.812. The molecule has 0 fully saturated rings. The molecule has 2 nitrogen and oxygen atoms in total. The van der Waals surface area contributed by atoms with E-state index >= 15 is 0 Å². The SMILES string of the molecule is FC(F)(F)CSc1ccccc1NCC1CCC=CO1. The minimum atomic E-state index is -4.16. The number of anilines is 1. The zero-order valence-corrected chi connectivity index (χ0v) is 11.6. The second kappa shape index (κ2) is 6.92. The summed E-state index contributed by atoms with van der Waals surface area (Å²) >= 11 is 0.798. The zero-order valence-electron chi connectivity index (χ0n) is 10.8. The first kappa shape index (κ1) is 15.1. The summed E-state index contributed by atoms with van der Waals surface area (Å²) in [7, 11) is 0. The number of rotatable bonds is 5. The Kier molecular flexibility index (Phi) is 5.23. The number of benzene rings is 1. The van der Waals surface area contributed by atoms with Gasteiger partial charge in [0.2, 0.25) is 0 Å². The summed E-state index contributed by atoms with van der Waals surface area (Å²) in [6.07, 6.45) is 1.44. The third kappa shape index (κ3) is 5.00. The summed E-state index contributed by atoms with van der Waals surface area (Å²) < 4.78 is 42.3. The van der Waals surface area contributed by atoms with Crippen LogP contribution in [0.3, 0.4) is 0 Å². The smallest absolute Gasteiger partial charge is 0.398 e. The van der Waals surface area contributed by atoms with Crippen LogP contribution >= 0.6 is 11.8 Å². The molecule has 0 radical (unpaired) electrons. The molecule has 1 aliphatic heterocycles. The Morgan fingerprint density at radius 2 is 2.10 bits per heavy atom. The molecule has 1 aromatic rings. The molecule has 20 heavy (non-hydrogen) atoms. The lowest BCUT2D eigenvalue weighted by atomic mass is 10.1. The first-order valence-electron chi connectivity index (χ1n) is 6.37. The summed E-state index contributed by atoms with van der Waals surface area (Å²) in [6, 6.07) is 7.03. The minimum Gasteiger partial charge on any atom is -0.497 e. The Morgan fingerprint density at radius 3 is 2.80 bits per heavy atom. The molecule has 2 rings (SSSR count). The fourth-order valence-electron chi connectivity index (χ4n) is 1.86. The van der Waals surface area contributed by atoms with E-state index < -0.39 is 11.9 Å². The molecule has 0 amide bonds. The van der Waals surface area contributed by atoms with E-state index in [1.165, 1.54) is 0 Å². The van der Waals surface area contributed by atoms with E-state index in [9.17, 15) is 13.2 Å². The average Bonchev–Trinajstić information content (AvgIpc) is 2.44. The lowest BCUT2D eigenvalue weighted by Gasteiger charge is -2.21. The van der Waals surface area contributed by atoms with Crippen LogP contribution in [0.4, 0.5) is 18.9 Å². The van der Waals surface area contributed by atoms with Crippen LogP contribution in [0.2, 0.25) is 0 Å². The maximum absolute atomic E-state index is 12.3. The van der Waals surface area contributed by atoms with Crippen LogP contribution in [0.1, 0.15) is 12.8 Å². The molecule has 110 valence electrons. The lowest BCUT2D eigenvalue weighted by Crippen LogP contribution is -2.23. The fourth-order valence-corrected chi connectivity index (χ4v) is 2.65. The highest BCUT2D eigenvalue weighted by Crippen LogP contribution is 2.32. The van der Waals surface area contributed by atoms with E-state index in [-0.39, 0.29) is 6.10 Å². The number of ether oxygens (including phenoxy) is 1. The molecule has 0 aliphatic carbocycles. The molecule has 1 N–H and O–H groups in total. The van der Waals surface area contributed by atoms with Gasteiger partial charge in [-0.3, -0.25) is 0 Å². The predicted octanol–water partition coefficient (Wildman–Crippen LogP) is 4.45. The van der Waals surface area contributed by atoms with Crippen molar-refractivity contribution >= 4 is 17.4 Å². The number of allylic oxidation sites excluding steroid dienone is 1. The van der Waals surface area contributed by atoms with Gasteiger partial charge in [0.1, 0.15) is 6.10 Å². The highest BCUT2D eigenvalue weighted by molar-refractivity contribution is 7.99. The van der Waals surface area contributed by atoms with E-state index in [1.807, 2.05) is 12.1 Å². The molecule has 0 aromatic heterocycles. The van der Waals surface area contributed by atoms with Crippen molar-refractivity contribution in [2.24, 2.45) is 0 Å². The summed E-state index contributed by atoms with van der Waals surface area (Å²) in [6.45, 7) is 0.591. The van der Waals surface area contributed by atoms with Crippen LogP contribution < -0.4 is 5.32 Å². The Labute approximate surface area is 120 Å². The molecular weight excluding hydrogens is 287 g/mol. The minimum absolute atomic E-state index is 0.0701. The zero-order chi connectivity index (χ0) is 14.4. The van der Waals surface area contributed by atoms with Crippen molar-refractivity contribution in [3.63, 3.8) is 0 Å². The number of para-hydroxylation sites is 1. The Hall–Kier alpha value is -1.30. The summed E-state index contributed by atoms with van der Waals surface area (Å²) in [5.74, 6) is -0.881. The van der Waals surface area contributed by atoms with Crippen LogP contribution in [0, 0.1) is 0 Å². The Balaban J connectivity index is 1.91. The molecule has 0 bridgehead atoms.